The molecule has 22 heavy (non-hydrogen) atoms. The fourth-order valence-corrected chi connectivity index (χ4v) is 2.07. The van der Waals surface area contributed by atoms with Crippen molar-refractivity contribution < 1.29 is 18.3 Å². The van der Waals surface area contributed by atoms with Gasteiger partial charge in [0, 0.05) is 24.0 Å². The SMILES string of the molecule is CC(C)(C)OC(=O)NC1CC=C(C(=C/N)/C=N/C(F)F)CC1. The zero-order chi connectivity index (χ0) is 16.8. The number of amides is 1. The van der Waals surface area contributed by atoms with E-state index >= 15 is 0 Å². The number of nitrogens with one attached hydrogen (secondary N) is 1. The fourth-order valence-electron chi connectivity index (χ4n) is 2.07. The van der Waals surface area contributed by atoms with Crippen molar-refractivity contribution in [2.75, 3.05) is 0 Å². The van der Waals surface area contributed by atoms with Gasteiger partial charge in [-0.15, -0.1) is 0 Å². The maximum absolute atomic E-state index is 12.1. The van der Waals surface area contributed by atoms with Gasteiger partial charge in [0.1, 0.15) is 5.60 Å². The summed E-state index contributed by atoms with van der Waals surface area (Å²) in [5, 5.41) is 2.79. The van der Waals surface area contributed by atoms with Crippen LogP contribution in [0.4, 0.5) is 13.6 Å². The molecule has 0 aliphatic heterocycles. The Morgan fingerprint density at radius 1 is 1.55 bits per heavy atom. The number of halogens is 2. The number of hydrogen-bond acceptors (Lipinski definition) is 4. The minimum absolute atomic E-state index is 0.0373. The van der Waals surface area contributed by atoms with E-state index < -0.39 is 18.2 Å². The monoisotopic (exact) mass is 315 g/mol. The van der Waals surface area contributed by atoms with Crippen molar-refractivity contribution in [2.24, 2.45) is 10.7 Å². The van der Waals surface area contributed by atoms with Crippen molar-refractivity contribution in [1.29, 1.82) is 0 Å². The Morgan fingerprint density at radius 3 is 2.68 bits per heavy atom. The highest BCUT2D eigenvalue weighted by atomic mass is 19.3. The molecule has 124 valence electrons. The number of alkyl halides is 2. The molecule has 5 nitrogen and oxygen atoms in total. The summed E-state index contributed by atoms with van der Waals surface area (Å²) in [5.41, 5.74) is 6.24. The smallest absolute Gasteiger partial charge is 0.407 e. The first kappa shape index (κ1) is 18.1. The second-order valence-corrected chi connectivity index (χ2v) is 6.02. The number of aliphatic imine (C=N–C) groups is 1. The molecular weight excluding hydrogens is 292 g/mol. The molecule has 0 spiro atoms. The lowest BCUT2D eigenvalue weighted by molar-refractivity contribution is 0.0501. The van der Waals surface area contributed by atoms with Gasteiger partial charge in [0.05, 0.1) is 0 Å². The van der Waals surface area contributed by atoms with E-state index in [0.717, 1.165) is 11.8 Å². The fraction of sp³-hybridized carbons (Fsp3) is 0.600. The zero-order valence-electron chi connectivity index (χ0n) is 13.1. The van der Waals surface area contributed by atoms with Gasteiger partial charge < -0.3 is 15.8 Å². The van der Waals surface area contributed by atoms with Gasteiger partial charge in [-0.2, -0.15) is 8.78 Å². The van der Waals surface area contributed by atoms with E-state index in [0.29, 0.717) is 24.8 Å². The second kappa shape index (κ2) is 7.91. The first-order chi connectivity index (χ1) is 10.2. The lowest BCUT2D eigenvalue weighted by Gasteiger charge is -2.26. The van der Waals surface area contributed by atoms with E-state index in [1.54, 1.807) is 20.8 Å². The van der Waals surface area contributed by atoms with E-state index in [2.05, 4.69) is 10.3 Å². The number of nitrogens with zero attached hydrogens (tertiary/aromatic N) is 1. The van der Waals surface area contributed by atoms with Crippen LogP contribution in [0.5, 0.6) is 0 Å². The Balaban J connectivity index is 2.56. The molecule has 0 saturated heterocycles. The Morgan fingerprint density at radius 2 is 2.23 bits per heavy atom. The van der Waals surface area contributed by atoms with Crippen LogP contribution < -0.4 is 11.1 Å². The number of carbonyl (C=O) groups is 1. The number of rotatable bonds is 4. The van der Waals surface area contributed by atoms with Crippen LogP contribution in [0.2, 0.25) is 0 Å². The Bertz CT molecular complexity index is 480. The van der Waals surface area contributed by atoms with E-state index in [4.69, 9.17) is 10.5 Å². The summed E-state index contributed by atoms with van der Waals surface area (Å²) in [6.45, 7) is 2.64. The van der Waals surface area contributed by atoms with Gasteiger partial charge in [0.15, 0.2) is 0 Å². The number of ether oxygens (including phenoxy) is 1. The molecule has 0 aromatic heterocycles. The van der Waals surface area contributed by atoms with E-state index in [1.165, 1.54) is 6.20 Å². The van der Waals surface area contributed by atoms with Gasteiger partial charge in [-0.1, -0.05) is 6.08 Å². The Hall–Kier alpha value is -1.92. The summed E-state index contributed by atoms with van der Waals surface area (Å²) in [6, 6.07) is -0.0373. The molecule has 1 atom stereocenters. The predicted octanol–water partition coefficient (Wildman–Crippen LogP) is 3.13. The van der Waals surface area contributed by atoms with Crippen molar-refractivity contribution >= 4 is 12.3 Å². The lowest BCUT2D eigenvalue weighted by Crippen LogP contribution is -2.39. The summed E-state index contributed by atoms with van der Waals surface area (Å²) in [5.74, 6) is 0. The number of allylic oxidation sites excluding steroid dienone is 2. The second-order valence-electron chi connectivity index (χ2n) is 6.02. The van der Waals surface area contributed by atoms with E-state index in [-0.39, 0.29) is 6.04 Å². The van der Waals surface area contributed by atoms with Gasteiger partial charge in [-0.3, -0.25) is 0 Å². The molecule has 0 radical (unpaired) electrons. The first-order valence-corrected chi connectivity index (χ1v) is 7.13. The van der Waals surface area contributed by atoms with Gasteiger partial charge in [-0.25, -0.2) is 9.79 Å². The molecule has 0 heterocycles. The number of nitrogens with two attached hydrogens (primary N) is 1. The Labute approximate surface area is 129 Å². The first-order valence-electron chi connectivity index (χ1n) is 7.13. The number of alkyl carbamates (subject to hydrolysis) is 1. The Kier molecular flexibility index (Phi) is 6.52. The van der Waals surface area contributed by atoms with Crippen molar-refractivity contribution in [3.63, 3.8) is 0 Å². The summed E-state index contributed by atoms with van der Waals surface area (Å²) < 4.78 is 29.4. The highest BCUT2D eigenvalue weighted by molar-refractivity contribution is 5.84. The van der Waals surface area contributed by atoms with Crippen LogP contribution in [0.3, 0.4) is 0 Å². The molecule has 3 N–H and O–H groups in total. The molecule has 1 amide bonds. The largest absolute Gasteiger partial charge is 0.444 e. The minimum atomic E-state index is -2.75. The van der Waals surface area contributed by atoms with Crippen LogP contribution >= 0.6 is 0 Å². The summed E-state index contributed by atoms with van der Waals surface area (Å²) in [6.07, 6.45) is 5.67. The summed E-state index contributed by atoms with van der Waals surface area (Å²) in [7, 11) is 0. The molecule has 0 aromatic carbocycles. The number of carbonyl (C=O) groups excluding carboxylic acids is 1. The van der Waals surface area contributed by atoms with Crippen LogP contribution in [0.15, 0.2) is 28.4 Å². The van der Waals surface area contributed by atoms with Crippen LogP contribution in [0.25, 0.3) is 0 Å². The minimum Gasteiger partial charge on any atom is -0.444 e. The third-order valence-electron chi connectivity index (χ3n) is 3.01. The van der Waals surface area contributed by atoms with Crippen LogP contribution in [-0.4, -0.2) is 30.5 Å². The molecule has 0 aromatic rings. The topological polar surface area (TPSA) is 76.7 Å². The van der Waals surface area contributed by atoms with Gasteiger partial charge in [0.25, 0.3) is 0 Å². The van der Waals surface area contributed by atoms with Crippen molar-refractivity contribution in [1.82, 2.24) is 5.32 Å². The molecule has 1 unspecified atom stereocenters. The average Bonchev–Trinajstić information content (AvgIpc) is 2.38. The molecule has 7 heteroatoms. The normalized spacial score (nSPS) is 20.2. The standard InChI is InChI=1S/C15H23F2N3O2/c1-15(2,3)22-14(21)20-12-6-4-10(5-7-12)11(8-18)9-19-13(16)17/h4,8-9,12-13H,5-7,18H2,1-3H3,(H,20,21)/b11-8+,19-9+. The molecule has 1 aliphatic rings. The molecule has 0 saturated carbocycles. The third kappa shape index (κ3) is 6.69. The predicted molar refractivity (Wildman–Crippen MR) is 81.9 cm³/mol. The lowest BCUT2D eigenvalue weighted by atomic mass is 9.91. The molecule has 1 aliphatic carbocycles. The van der Waals surface area contributed by atoms with Crippen LogP contribution in [0, 0.1) is 0 Å². The van der Waals surface area contributed by atoms with Crippen molar-refractivity contribution in [2.45, 2.75) is 58.2 Å². The molecule has 1 rings (SSSR count). The zero-order valence-corrected chi connectivity index (χ0v) is 13.1. The summed E-state index contributed by atoms with van der Waals surface area (Å²) in [4.78, 5) is 14.7. The van der Waals surface area contributed by atoms with Crippen LogP contribution in [-0.2, 0) is 4.74 Å². The van der Waals surface area contributed by atoms with Gasteiger partial charge >= 0.3 is 12.6 Å². The molecule has 0 bridgehead atoms. The van der Waals surface area contributed by atoms with Crippen molar-refractivity contribution in [3.8, 4) is 0 Å². The average molecular weight is 315 g/mol. The molecule has 0 fully saturated rings. The quantitative estimate of drug-likeness (QED) is 0.618. The van der Waals surface area contributed by atoms with E-state index in [1.807, 2.05) is 6.08 Å². The van der Waals surface area contributed by atoms with Crippen molar-refractivity contribution in [3.05, 3.63) is 23.4 Å². The highest BCUT2D eigenvalue weighted by Crippen LogP contribution is 2.23. The summed E-state index contributed by atoms with van der Waals surface area (Å²) >= 11 is 0. The van der Waals surface area contributed by atoms with Crippen LogP contribution in [0.1, 0.15) is 40.0 Å². The third-order valence-corrected chi connectivity index (χ3v) is 3.01. The van der Waals surface area contributed by atoms with Gasteiger partial charge in [-0.05, 0) is 45.6 Å². The number of hydrogen-bond donors (Lipinski definition) is 2. The highest BCUT2D eigenvalue weighted by Gasteiger charge is 2.21. The van der Waals surface area contributed by atoms with E-state index in [9.17, 15) is 13.6 Å². The maximum Gasteiger partial charge on any atom is 0.407 e. The maximum atomic E-state index is 12.1. The molecular formula is C15H23F2N3O2. The van der Waals surface area contributed by atoms with Gasteiger partial charge in [0.2, 0.25) is 0 Å².